The summed E-state index contributed by atoms with van der Waals surface area (Å²) in [5.41, 5.74) is 1.12. The van der Waals surface area contributed by atoms with Crippen molar-refractivity contribution >= 4 is 11.9 Å². The molecule has 1 unspecified atom stereocenters. The number of carboxylic acid groups (broad SMARTS) is 2. The van der Waals surface area contributed by atoms with Crippen molar-refractivity contribution in [1.82, 2.24) is 14.9 Å². The van der Waals surface area contributed by atoms with Crippen LogP contribution >= 0.6 is 0 Å². The summed E-state index contributed by atoms with van der Waals surface area (Å²) >= 11 is 0. The Morgan fingerprint density at radius 1 is 0.947 bits per heavy atom. The lowest BCUT2D eigenvalue weighted by molar-refractivity contribution is -0.193. The van der Waals surface area contributed by atoms with Crippen molar-refractivity contribution in [3.05, 3.63) is 54.5 Å². The molecule has 1 spiro atoms. The van der Waals surface area contributed by atoms with Gasteiger partial charge >= 0.3 is 24.3 Å². The van der Waals surface area contributed by atoms with Gasteiger partial charge in [-0.05, 0) is 31.0 Å². The van der Waals surface area contributed by atoms with E-state index in [1.807, 2.05) is 36.5 Å². The van der Waals surface area contributed by atoms with E-state index in [1.54, 1.807) is 6.20 Å². The number of nitrogens with zero attached hydrogens (tertiary/aromatic N) is 3. The highest BCUT2D eigenvalue weighted by atomic mass is 19.4. The molecule has 2 aromatic rings. The van der Waals surface area contributed by atoms with Crippen LogP contribution in [0.25, 0.3) is 0 Å². The molecule has 15 heteroatoms. The van der Waals surface area contributed by atoms with Crippen LogP contribution in [-0.4, -0.2) is 80.8 Å². The molecule has 0 saturated carbocycles. The molecule has 2 fully saturated rings. The van der Waals surface area contributed by atoms with Crippen LogP contribution in [0.15, 0.2) is 48.8 Å². The molecule has 0 aliphatic carbocycles. The van der Waals surface area contributed by atoms with Crippen LogP contribution in [0.3, 0.4) is 0 Å². The Bertz CT molecular complexity index is 992. The van der Waals surface area contributed by atoms with E-state index in [-0.39, 0.29) is 11.7 Å². The quantitative estimate of drug-likeness (QED) is 0.542. The lowest BCUT2D eigenvalue weighted by atomic mass is 9.88. The van der Waals surface area contributed by atoms with Crippen molar-refractivity contribution in [1.29, 1.82) is 0 Å². The van der Waals surface area contributed by atoms with Gasteiger partial charge in [0.05, 0.1) is 17.9 Å². The van der Waals surface area contributed by atoms with E-state index in [2.05, 4.69) is 20.9 Å². The van der Waals surface area contributed by atoms with Gasteiger partial charge in [0.2, 0.25) is 5.88 Å². The smallest absolute Gasteiger partial charge is 0.475 e. The van der Waals surface area contributed by atoms with E-state index < -0.39 is 24.3 Å². The van der Waals surface area contributed by atoms with E-state index in [1.165, 1.54) is 0 Å². The number of aliphatic carboxylic acids is 2. The van der Waals surface area contributed by atoms with E-state index in [4.69, 9.17) is 29.3 Å². The molecule has 2 saturated heterocycles. The molecule has 0 amide bonds. The number of rotatable bonds is 4. The number of piperidine rings is 1. The van der Waals surface area contributed by atoms with Crippen LogP contribution in [0.5, 0.6) is 5.88 Å². The third-order valence-electron chi connectivity index (χ3n) is 5.46. The summed E-state index contributed by atoms with van der Waals surface area (Å²) in [6.45, 7) is 3.68. The molecule has 1 atom stereocenters. The van der Waals surface area contributed by atoms with Crippen LogP contribution < -0.4 is 4.74 Å². The molecule has 4 rings (SSSR count). The van der Waals surface area contributed by atoms with Crippen molar-refractivity contribution in [2.24, 2.45) is 0 Å². The zero-order chi connectivity index (χ0) is 28.4. The van der Waals surface area contributed by atoms with E-state index >= 15 is 0 Å². The van der Waals surface area contributed by atoms with Gasteiger partial charge in [-0.25, -0.2) is 14.6 Å². The Hall–Kier alpha value is -3.46. The van der Waals surface area contributed by atoms with Crippen molar-refractivity contribution in [2.45, 2.75) is 49.9 Å². The highest BCUT2D eigenvalue weighted by molar-refractivity contribution is 5.73. The highest BCUT2D eigenvalue weighted by Gasteiger charge is 2.44. The molecule has 2 aliphatic rings. The first-order chi connectivity index (χ1) is 17.7. The average molecular weight is 553 g/mol. The van der Waals surface area contributed by atoms with Gasteiger partial charge in [0.1, 0.15) is 6.10 Å². The summed E-state index contributed by atoms with van der Waals surface area (Å²) in [5, 5.41) is 14.2. The maximum atomic E-state index is 10.6. The molecule has 210 valence electrons. The third-order valence-corrected chi connectivity index (χ3v) is 5.46. The fraction of sp³-hybridized carbons (Fsp3) is 0.478. The minimum absolute atomic E-state index is 0.0138. The molecule has 2 aliphatic heterocycles. The fourth-order valence-electron chi connectivity index (χ4n) is 3.65. The molecule has 2 aromatic heterocycles. The van der Waals surface area contributed by atoms with E-state index in [0.29, 0.717) is 12.5 Å². The van der Waals surface area contributed by atoms with Gasteiger partial charge in [-0.3, -0.25) is 9.88 Å². The Labute approximate surface area is 213 Å². The fourth-order valence-corrected chi connectivity index (χ4v) is 3.65. The largest absolute Gasteiger partial charge is 0.490 e. The Kier molecular flexibility index (Phi) is 10.8. The second-order valence-corrected chi connectivity index (χ2v) is 8.31. The first kappa shape index (κ1) is 30.8. The molecular weight excluding hydrogens is 528 g/mol. The van der Waals surface area contributed by atoms with Crippen LogP contribution in [-0.2, 0) is 20.9 Å². The summed E-state index contributed by atoms with van der Waals surface area (Å²) in [6, 6.07) is 11.9. The minimum Gasteiger partial charge on any atom is -0.475 e. The van der Waals surface area contributed by atoms with Gasteiger partial charge in [-0.2, -0.15) is 26.3 Å². The summed E-state index contributed by atoms with van der Waals surface area (Å²) < 4.78 is 75.6. The number of hydrogen-bond acceptors (Lipinski definition) is 7. The number of aromatic nitrogens is 2. The zero-order valence-corrected chi connectivity index (χ0v) is 19.8. The van der Waals surface area contributed by atoms with Crippen LogP contribution in [0, 0.1) is 0 Å². The maximum absolute atomic E-state index is 10.6. The summed E-state index contributed by atoms with van der Waals surface area (Å²) in [6.07, 6.45) is -3.36. The molecule has 0 radical (unpaired) electrons. The van der Waals surface area contributed by atoms with Gasteiger partial charge in [-0.15, -0.1) is 0 Å². The standard InChI is InChI=1S/C19H23N3O2.2C2HF3O2/c1-3-9-20-16(5-1)14-22-11-7-19(8-12-22)13-17(15-23-19)24-18-6-2-4-10-21-18;2*3-2(4,5)1(6)7/h1-6,9-10,17H,7-8,11-15H2;2*(H,6,7). The second kappa shape index (κ2) is 13.4. The zero-order valence-electron chi connectivity index (χ0n) is 19.8. The van der Waals surface area contributed by atoms with Crippen LogP contribution in [0.1, 0.15) is 25.0 Å². The third kappa shape index (κ3) is 10.5. The van der Waals surface area contributed by atoms with Gasteiger partial charge in [-0.1, -0.05) is 12.1 Å². The molecule has 0 bridgehead atoms. The summed E-state index contributed by atoms with van der Waals surface area (Å²) in [4.78, 5) is 28.9. The number of halogens is 6. The normalized spacial score (nSPS) is 18.9. The van der Waals surface area contributed by atoms with E-state index in [9.17, 15) is 26.3 Å². The molecule has 2 N–H and O–H groups in total. The number of alkyl halides is 6. The predicted molar refractivity (Wildman–Crippen MR) is 118 cm³/mol. The lowest BCUT2D eigenvalue weighted by Crippen LogP contribution is -2.44. The van der Waals surface area contributed by atoms with Gasteiger partial charge in [0, 0.05) is 44.5 Å². The average Bonchev–Trinajstić information content (AvgIpc) is 3.23. The van der Waals surface area contributed by atoms with Crippen molar-refractivity contribution in [2.75, 3.05) is 19.7 Å². The minimum atomic E-state index is -5.08. The first-order valence-corrected chi connectivity index (χ1v) is 11.1. The molecule has 4 heterocycles. The number of ether oxygens (including phenoxy) is 2. The van der Waals surface area contributed by atoms with E-state index in [0.717, 1.165) is 44.6 Å². The second-order valence-electron chi connectivity index (χ2n) is 8.31. The number of carbonyl (C=O) groups is 2. The topological polar surface area (TPSA) is 122 Å². The highest BCUT2D eigenvalue weighted by Crippen LogP contribution is 2.37. The Morgan fingerprint density at radius 2 is 1.47 bits per heavy atom. The number of carboxylic acids is 2. The SMILES string of the molecule is O=C(O)C(F)(F)F.O=C(O)C(F)(F)F.c1ccc(CN2CCC3(CC2)CC(Oc2ccccn2)CO3)nc1. The van der Waals surface area contributed by atoms with Crippen LogP contribution in [0.4, 0.5) is 26.3 Å². The van der Waals surface area contributed by atoms with Crippen molar-refractivity contribution in [3.63, 3.8) is 0 Å². The number of hydrogen-bond donors (Lipinski definition) is 2. The maximum Gasteiger partial charge on any atom is 0.490 e. The molecule has 38 heavy (non-hydrogen) atoms. The Morgan fingerprint density at radius 3 is 1.92 bits per heavy atom. The number of likely N-dealkylation sites (tertiary alicyclic amines) is 1. The summed E-state index contributed by atoms with van der Waals surface area (Å²) in [5.74, 6) is -4.82. The molecule has 9 nitrogen and oxygen atoms in total. The monoisotopic (exact) mass is 553 g/mol. The molecular formula is C23H25F6N3O6. The van der Waals surface area contributed by atoms with Gasteiger partial charge in [0.15, 0.2) is 0 Å². The lowest BCUT2D eigenvalue weighted by Gasteiger charge is -2.38. The Balaban J connectivity index is 0.000000301. The molecule has 0 aromatic carbocycles. The first-order valence-electron chi connectivity index (χ1n) is 11.1. The summed E-state index contributed by atoms with van der Waals surface area (Å²) in [7, 11) is 0. The number of pyridine rings is 2. The van der Waals surface area contributed by atoms with Crippen molar-refractivity contribution in [3.8, 4) is 5.88 Å². The van der Waals surface area contributed by atoms with Crippen molar-refractivity contribution < 1.29 is 55.6 Å². The van der Waals surface area contributed by atoms with Gasteiger partial charge in [0.25, 0.3) is 0 Å². The van der Waals surface area contributed by atoms with Crippen LogP contribution in [0.2, 0.25) is 0 Å². The predicted octanol–water partition coefficient (Wildman–Crippen LogP) is 3.95. The van der Waals surface area contributed by atoms with Gasteiger partial charge < -0.3 is 19.7 Å².